The zero-order valence-electron chi connectivity index (χ0n) is 16.7. The van der Waals surface area contributed by atoms with Crippen LogP contribution in [0.2, 0.25) is 0 Å². The number of fused-ring (bicyclic) bond motifs is 1. The lowest BCUT2D eigenvalue weighted by molar-refractivity contribution is -0.176. The van der Waals surface area contributed by atoms with E-state index in [9.17, 15) is 14.4 Å². The van der Waals surface area contributed by atoms with Crippen molar-refractivity contribution in [1.82, 2.24) is 19.7 Å². The molecule has 4 rings (SSSR count). The van der Waals surface area contributed by atoms with Gasteiger partial charge in [-0.1, -0.05) is 17.2 Å². The number of hydrogen-bond acceptors (Lipinski definition) is 6. The van der Waals surface area contributed by atoms with E-state index >= 15 is 0 Å². The van der Waals surface area contributed by atoms with Gasteiger partial charge in [0.1, 0.15) is 0 Å². The zero-order chi connectivity index (χ0) is 20.7. The maximum atomic E-state index is 13.0. The lowest BCUT2D eigenvalue weighted by atomic mass is 9.81. The van der Waals surface area contributed by atoms with Crippen molar-refractivity contribution < 1.29 is 19.2 Å². The third-order valence-electron chi connectivity index (χ3n) is 5.77. The molecular weight excluding hydrogens is 372 g/mol. The van der Waals surface area contributed by atoms with Crippen molar-refractivity contribution in [2.75, 3.05) is 13.1 Å². The fourth-order valence-corrected chi connectivity index (χ4v) is 4.11. The van der Waals surface area contributed by atoms with Gasteiger partial charge in [-0.3, -0.25) is 14.3 Å². The summed E-state index contributed by atoms with van der Waals surface area (Å²) < 4.78 is 1.70. The Hall–Kier alpha value is -3.00. The van der Waals surface area contributed by atoms with Crippen molar-refractivity contribution in [3.05, 3.63) is 53.3 Å². The Labute approximate surface area is 169 Å². The van der Waals surface area contributed by atoms with Crippen LogP contribution in [0.25, 0.3) is 0 Å². The summed E-state index contributed by atoms with van der Waals surface area (Å²) in [6.45, 7) is 5.68. The van der Waals surface area contributed by atoms with Crippen molar-refractivity contribution in [3.8, 4) is 0 Å². The summed E-state index contributed by atoms with van der Waals surface area (Å²) in [7, 11) is 1.83. The Morgan fingerprint density at radius 1 is 1.17 bits per heavy atom. The monoisotopic (exact) mass is 396 g/mol. The van der Waals surface area contributed by atoms with Crippen molar-refractivity contribution in [2.24, 2.45) is 13.0 Å². The number of imide groups is 1. The number of hydrogen-bond donors (Lipinski definition) is 0. The number of amides is 2. The number of rotatable bonds is 4. The Morgan fingerprint density at radius 3 is 2.38 bits per heavy atom. The molecule has 1 fully saturated rings. The van der Waals surface area contributed by atoms with E-state index in [1.165, 1.54) is 0 Å². The van der Waals surface area contributed by atoms with Crippen LogP contribution in [0, 0.1) is 5.92 Å². The number of piperidine rings is 1. The maximum Gasteiger partial charge on any atom is 0.336 e. The minimum atomic E-state index is -0.600. The standard InChI is InChI=1S/C21H24N4O4/c1-13(2)24-9-8-17(18(12-24)14-10-22-23(3)11-14)21(28)29-25-19(26)15-6-4-5-7-16(15)20(25)27/h4-7,10-11,13,17-18H,8-9,12H2,1-3H3. The molecule has 0 saturated carbocycles. The topological polar surface area (TPSA) is 84.7 Å². The van der Waals surface area contributed by atoms with Gasteiger partial charge in [-0.15, -0.1) is 0 Å². The van der Waals surface area contributed by atoms with E-state index in [1.54, 1.807) is 35.1 Å². The number of aromatic nitrogens is 2. The molecule has 29 heavy (non-hydrogen) atoms. The Kier molecular flexibility index (Phi) is 4.96. The summed E-state index contributed by atoms with van der Waals surface area (Å²) in [6, 6.07) is 6.82. The van der Waals surface area contributed by atoms with Gasteiger partial charge in [-0.05, 0) is 44.5 Å². The maximum absolute atomic E-state index is 13.0. The Bertz CT molecular complexity index is 932. The second-order valence-corrected chi connectivity index (χ2v) is 7.90. The third kappa shape index (κ3) is 3.44. The first kappa shape index (κ1) is 19.3. The van der Waals surface area contributed by atoms with Crippen molar-refractivity contribution in [3.63, 3.8) is 0 Å². The summed E-state index contributed by atoms with van der Waals surface area (Å²) in [5, 5.41) is 4.84. The minimum Gasteiger partial charge on any atom is -0.329 e. The molecule has 2 aromatic rings. The molecule has 3 heterocycles. The summed E-state index contributed by atoms with van der Waals surface area (Å²) in [6.07, 6.45) is 4.24. The number of aryl methyl sites for hydroxylation is 1. The first-order valence-corrected chi connectivity index (χ1v) is 9.79. The number of likely N-dealkylation sites (tertiary alicyclic amines) is 1. The van der Waals surface area contributed by atoms with Crippen LogP contribution in [0.15, 0.2) is 36.7 Å². The molecule has 0 N–H and O–H groups in total. The number of hydroxylamine groups is 2. The summed E-state index contributed by atoms with van der Waals surface area (Å²) in [4.78, 5) is 45.8. The van der Waals surface area contributed by atoms with E-state index < -0.39 is 23.7 Å². The molecule has 1 aromatic carbocycles. The van der Waals surface area contributed by atoms with E-state index in [4.69, 9.17) is 4.84 Å². The zero-order valence-corrected chi connectivity index (χ0v) is 16.7. The van der Waals surface area contributed by atoms with Gasteiger partial charge in [0, 0.05) is 31.7 Å². The third-order valence-corrected chi connectivity index (χ3v) is 5.77. The van der Waals surface area contributed by atoms with Crippen LogP contribution >= 0.6 is 0 Å². The van der Waals surface area contributed by atoms with E-state index in [0.29, 0.717) is 24.1 Å². The molecule has 2 unspecified atom stereocenters. The number of carbonyl (C=O) groups is 3. The molecule has 8 heteroatoms. The van der Waals surface area contributed by atoms with Gasteiger partial charge in [-0.2, -0.15) is 5.10 Å². The van der Waals surface area contributed by atoms with Crippen LogP contribution < -0.4 is 0 Å². The van der Waals surface area contributed by atoms with Crippen molar-refractivity contribution >= 4 is 17.8 Å². The first-order chi connectivity index (χ1) is 13.9. The largest absolute Gasteiger partial charge is 0.336 e. The predicted molar refractivity (Wildman–Crippen MR) is 104 cm³/mol. The summed E-state index contributed by atoms with van der Waals surface area (Å²) in [5.41, 5.74) is 1.45. The molecule has 2 atom stereocenters. The number of nitrogens with zero attached hydrogens (tertiary/aromatic N) is 4. The lowest BCUT2D eigenvalue weighted by Crippen LogP contribution is -2.46. The van der Waals surface area contributed by atoms with Crippen LogP contribution in [0.5, 0.6) is 0 Å². The average Bonchev–Trinajstić information content (AvgIpc) is 3.25. The van der Waals surface area contributed by atoms with Gasteiger partial charge in [0.15, 0.2) is 0 Å². The molecule has 2 aliphatic heterocycles. The highest BCUT2D eigenvalue weighted by atomic mass is 16.7. The molecular formula is C21H24N4O4. The molecule has 0 bridgehead atoms. The summed E-state index contributed by atoms with van der Waals surface area (Å²) in [5.74, 6) is -2.34. The van der Waals surface area contributed by atoms with E-state index in [0.717, 1.165) is 12.1 Å². The van der Waals surface area contributed by atoms with Crippen molar-refractivity contribution in [2.45, 2.75) is 32.2 Å². The highest BCUT2D eigenvalue weighted by Gasteiger charge is 2.43. The molecule has 1 saturated heterocycles. The molecule has 8 nitrogen and oxygen atoms in total. The van der Waals surface area contributed by atoms with Crippen LogP contribution in [0.3, 0.4) is 0 Å². The van der Waals surface area contributed by atoms with Gasteiger partial charge >= 0.3 is 5.97 Å². The molecule has 1 aromatic heterocycles. The molecule has 0 aliphatic carbocycles. The Morgan fingerprint density at radius 2 is 1.83 bits per heavy atom. The fourth-order valence-electron chi connectivity index (χ4n) is 4.11. The first-order valence-electron chi connectivity index (χ1n) is 9.79. The SMILES string of the molecule is CC(C)N1CCC(C(=O)ON2C(=O)c3ccccc3C2=O)C(c2cnn(C)c2)C1. The molecule has 0 spiro atoms. The number of carbonyl (C=O) groups excluding carboxylic acids is 3. The van der Waals surface area contributed by atoms with E-state index in [2.05, 4.69) is 23.8 Å². The van der Waals surface area contributed by atoms with Crippen LogP contribution in [-0.2, 0) is 16.7 Å². The van der Waals surface area contributed by atoms with Gasteiger partial charge in [0.05, 0.1) is 23.2 Å². The minimum absolute atomic E-state index is 0.123. The second kappa shape index (κ2) is 7.44. The molecule has 152 valence electrons. The lowest BCUT2D eigenvalue weighted by Gasteiger charge is -2.39. The normalized spacial score (nSPS) is 22.3. The average molecular weight is 396 g/mol. The van der Waals surface area contributed by atoms with E-state index in [1.807, 2.05) is 13.2 Å². The quantitative estimate of drug-likeness (QED) is 0.735. The fraction of sp³-hybridized carbons (Fsp3) is 0.429. The van der Waals surface area contributed by atoms with Crippen LogP contribution in [-0.4, -0.2) is 56.7 Å². The van der Waals surface area contributed by atoms with Gasteiger partial charge < -0.3 is 9.74 Å². The summed E-state index contributed by atoms with van der Waals surface area (Å²) >= 11 is 0. The predicted octanol–water partition coefficient (Wildman–Crippen LogP) is 1.99. The van der Waals surface area contributed by atoms with Gasteiger partial charge in [0.25, 0.3) is 11.8 Å². The van der Waals surface area contributed by atoms with Crippen LogP contribution in [0.1, 0.15) is 52.5 Å². The highest BCUT2D eigenvalue weighted by molar-refractivity contribution is 6.20. The Balaban J connectivity index is 1.55. The van der Waals surface area contributed by atoms with Gasteiger partial charge in [-0.25, -0.2) is 4.79 Å². The number of benzene rings is 1. The van der Waals surface area contributed by atoms with Crippen molar-refractivity contribution in [1.29, 1.82) is 0 Å². The molecule has 2 amide bonds. The highest BCUT2D eigenvalue weighted by Crippen LogP contribution is 2.35. The second-order valence-electron chi connectivity index (χ2n) is 7.90. The van der Waals surface area contributed by atoms with Crippen LogP contribution in [0.4, 0.5) is 0 Å². The molecule has 0 radical (unpaired) electrons. The molecule has 2 aliphatic rings. The van der Waals surface area contributed by atoms with E-state index in [-0.39, 0.29) is 17.0 Å². The smallest absolute Gasteiger partial charge is 0.329 e. The van der Waals surface area contributed by atoms with Gasteiger partial charge in [0.2, 0.25) is 0 Å².